The molecular formula is C28H30N4O2. The van der Waals surface area contributed by atoms with E-state index < -0.39 is 0 Å². The van der Waals surface area contributed by atoms with Crippen LogP contribution in [-0.2, 0) is 30.9 Å². The van der Waals surface area contributed by atoms with Crippen molar-refractivity contribution in [2.45, 2.75) is 45.9 Å². The molecule has 2 aromatic carbocycles. The van der Waals surface area contributed by atoms with E-state index in [1.807, 2.05) is 38.2 Å². The highest BCUT2D eigenvalue weighted by molar-refractivity contribution is 5.94. The summed E-state index contributed by atoms with van der Waals surface area (Å²) in [5.41, 5.74) is 7.00. The number of carbonyl (C=O) groups is 1. The maximum absolute atomic E-state index is 12.8. The summed E-state index contributed by atoms with van der Waals surface area (Å²) in [6.45, 7) is 7.02. The maximum Gasteiger partial charge on any atom is 0.251 e. The number of carbonyl (C=O) groups excluding carboxylic acids is 1. The highest BCUT2D eigenvalue weighted by Crippen LogP contribution is 2.27. The van der Waals surface area contributed by atoms with Crippen LogP contribution in [0.15, 0.2) is 60.8 Å². The Balaban J connectivity index is 0.00000133. The van der Waals surface area contributed by atoms with Crippen LogP contribution in [0.2, 0.25) is 0 Å². The van der Waals surface area contributed by atoms with Crippen molar-refractivity contribution in [3.05, 3.63) is 94.3 Å². The number of aromatic nitrogens is 1. The van der Waals surface area contributed by atoms with E-state index in [1.54, 1.807) is 6.07 Å². The zero-order chi connectivity index (χ0) is 23.9. The molecule has 3 heterocycles. The van der Waals surface area contributed by atoms with Crippen LogP contribution in [-0.4, -0.2) is 24.0 Å². The van der Waals surface area contributed by atoms with Crippen LogP contribution in [0.1, 0.15) is 58.1 Å². The maximum atomic E-state index is 12.8. The topological polar surface area (TPSA) is 78.2 Å². The molecule has 1 N–H and O–H groups in total. The van der Waals surface area contributed by atoms with Gasteiger partial charge in [0.1, 0.15) is 0 Å². The number of hydrogen-bond acceptors (Lipinski definition) is 5. The lowest BCUT2D eigenvalue weighted by Crippen LogP contribution is -2.31. The first kappa shape index (κ1) is 23.5. The van der Waals surface area contributed by atoms with E-state index in [0.29, 0.717) is 25.3 Å². The highest BCUT2D eigenvalue weighted by Gasteiger charge is 2.22. The number of amides is 1. The molecule has 0 saturated heterocycles. The summed E-state index contributed by atoms with van der Waals surface area (Å²) >= 11 is 0. The Morgan fingerprint density at radius 2 is 1.97 bits per heavy atom. The lowest BCUT2D eigenvalue weighted by atomic mass is 9.92. The summed E-state index contributed by atoms with van der Waals surface area (Å²) in [6, 6.07) is 20.3. The lowest BCUT2D eigenvalue weighted by Gasteiger charge is -2.30. The van der Waals surface area contributed by atoms with E-state index in [4.69, 9.17) is 4.74 Å². The van der Waals surface area contributed by atoms with Crippen molar-refractivity contribution >= 4 is 11.6 Å². The van der Waals surface area contributed by atoms with E-state index in [2.05, 4.69) is 51.6 Å². The van der Waals surface area contributed by atoms with Gasteiger partial charge in [-0.25, -0.2) is 0 Å². The number of anilines is 1. The third kappa shape index (κ3) is 5.11. The Bertz CT molecular complexity index is 1190. The molecule has 6 heteroatoms. The van der Waals surface area contributed by atoms with Crippen molar-refractivity contribution < 1.29 is 9.53 Å². The number of nitriles is 1. The molecular weight excluding hydrogens is 424 g/mol. The fourth-order valence-corrected chi connectivity index (χ4v) is 4.39. The number of rotatable bonds is 4. The van der Waals surface area contributed by atoms with Gasteiger partial charge in [0.15, 0.2) is 0 Å². The minimum Gasteiger partial charge on any atom is -0.375 e. The molecule has 5 rings (SSSR count). The fourth-order valence-electron chi connectivity index (χ4n) is 4.39. The first-order valence-electron chi connectivity index (χ1n) is 11.9. The molecule has 0 radical (unpaired) electrons. The number of nitrogens with zero attached hydrogens (tertiary/aromatic N) is 3. The van der Waals surface area contributed by atoms with E-state index in [0.717, 1.165) is 36.3 Å². The van der Waals surface area contributed by atoms with Crippen molar-refractivity contribution in [1.29, 1.82) is 5.26 Å². The van der Waals surface area contributed by atoms with E-state index in [1.165, 1.54) is 16.8 Å². The predicted molar refractivity (Wildman–Crippen MR) is 132 cm³/mol. The van der Waals surface area contributed by atoms with Crippen LogP contribution in [0, 0.1) is 11.3 Å². The average molecular weight is 455 g/mol. The van der Waals surface area contributed by atoms with E-state index in [9.17, 15) is 10.1 Å². The molecule has 6 nitrogen and oxygen atoms in total. The van der Waals surface area contributed by atoms with Gasteiger partial charge in [0.25, 0.3) is 5.91 Å². The standard InChI is InChI=1S/C26H24N4O2.C2H6/c27-12-22-17-32-16-20-7-6-18(11-25(20)22)26(31)29-14-23-10-21-15-30(9-8-19(21)13-28-23)24-4-2-1-3-5-24;1-2/h1-7,10-11,13,22H,8-9,14-17H2,(H,29,31);1-2H3. The van der Waals surface area contributed by atoms with Gasteiger partial charge in [-0.2, -0.15) is 5.26 Å². The molecule has 0 spiro atoms. The monoisotopic (exact) mass is 454 g/mol. The summed E-state index contributed by atoms with van der Waals surface area (Å²) in [5.74, 6) is -0.497. The van der Waals surface area contributed by atoms with Crippen molar-refractivity contribution in [2.75, 3.05) is 18.1 Å². The Morgan fingerprint density at radius 3 is 2.76 bits per heavy atom. The van der Waals surface area contributed by atoms with Crippen molar-refractivity contribution in [3.63, 3.8) is 0 Å². The number of benzene rings is 2. The number of fused-ring (bicyclic) bond motifs is 2. The Kier molecular flexibility index (Phi) is 7.56. The number of pyridine rings is 1. The van der Waals surface area contributed by atoms with Gasteiger partial charge < -0.3 is 15.0 Å². The Morgan fingerprint density at radius 1 is 1.15 bits per heavy atom. The Labute approximate surface area is 201 Å². The van der Waals surface area contributed by atoms with Crippen LogP contribution >= 0.6 is 0 Å². The van der Waals surface area contributed by atoms with Gasteiger partial charge in [-0.1, -0.05) is 38.1 Å². The van der Waals surface area contributed by atoms with Crippen molar-refractivity contribution in [2.24, 2.45) is 0 Å². The van der Waals surface area contributed by atoms with Crippen molar-refractivity contribution in [3.8, 4) is 6.07 Å². The number of para-hydroxylation sites is 1. The minimum atomic E-state index is -0.332. The van der Waals surface area contributed by atoms with Crippen LogP contribution < -0.4 is 10.2 Å². The molecule has 0 bridgehead atoms. The summed E-state index contributed by atoms with van der Waals surface area (Å²) < 4.78 is 5.45. The van der Waals surface area contributed by atoms with Crippen LogP contribution in [0.3, 0.4) is 0 Å². The molecule has 0 aliphatic carbocycles. The lowest BCUT2D eigenvalue weighted by molar-refractivity contribution is 0.0945. The first-order chi connectivity index (χ1) is 16.7. The predicted octanol–water partition coefficient (Wildman–Crippen LogP) is 4.74. The summed E-state index contributed by atoms with van der Waals surface area (Å²) in [7, 11) is 0. The van der Waals surface area contributed by atoms with Gasteiger partial charge in [-0.05, 0) is 59.0 Å². The molecule has 1 amide bonds. The number of hydrogen-bond donors (Lipinski definition) is 1. The second-order valence-corrected chi connectivity index (χ2v) is 8.24. The summed E-state index contributed by atoms with van der Waals surface area (Å²) in [5, 5.41) is 12.3. The van der Waals surface area contributed by atoms with Gasteiger partial charge in [0.05, 0.1) is 37.4 Å². The first-order valence-corrected chi connectivity index (χ1v) is 11.9. The minimum absolute atomic E-state index is 0.165. The second kappa shape index (κ2) is 11.0. The SMILES string of the molecule is CC.N#CC1COCc2ccc(C(=O)NCc3cc4c(cn3)CCN(c3ccccc3)C4)cc21. The molecule has 1 atom stereocenters. The van der Waals surface area contributed by atoms with Crippen molar-refractivity contribution in [1.82, 2.24) is 10.3 Å². The molecule has 2 aliphatic rings. The molecule has 174 valence electrons. The second-order valence-electron chi connectivity index (χ2n) is 8.24. The van der Waals surface area contributed by atoms with Gasteiger partial charge >= 0.3 is 0 Å². The summed E-state index contributed by atoms with van der Waals surface area (Å²) in [6.07, 6.45) is 2.90. The molecule has 3 aromatic rings. The van der Waals surface area contributed by atoms with Crippen LogP contribution in [0.5, 0.6) is 0 Å². The Hall–Kier alpha value is -3.69. The van der Waals surface area contributed by atoms with Gasteiger partial charge in [-0.3, -0.25) is 9.78 Å². The summed E-state index contributed by atoms with van der Waals surface area (Å²) in [4.78, 5) is 19.7. The molecule has 1 aromatic heterocycles. The fraction of sp³-hybridized carbons (Fsp3) is 0.321. The van der Waals surface area contributed by atoms with Gasteiger partial charge in [-0.15, -0.1) is 0 Å². The normalized spacial score (nSPS) is 16.3. The zero-order valence-electron chi connectivity index (χ0n) is 19.8. The van der Waals surface area contributed by atoms with Gasteiger partial charge in [0, 0.05) is 30.5 Å². The van der Waals surface area contributed by atoms with E-state index in [-0.39, 0.29) is 11.8 Å². The van der Waals surface area contributed by atoms with Gasteiger partial charge in [0.2, 0.25) is 0 Å². The van der Waals surface area contributed by atoms with Crippen LogP contribution in [0.25, 0.3) is 0 Å². The largest absolute Gasteiger partial charge is 0.375 e. The number of ether oxygens (including phenoxy) is 1. The quantitative estimate of drug-likeness (QED) is 0.616. The van der Waals surface area contributed by atoms with Crippen LogP contribution in [0.4, 0.5) is 5.69 Å². The molecule has 0 fully saturated rings. The highest BCUT2D eigenvalue weighted by atomic mass is 16.5. The number of nitrogens with one attached hydrogen (secondary N) is 1. The zero-order valence-corrected chi connectivity index (χ0v) is 19.8. The molecule has 2 aliphatic heterocycles. The van der Waals surface area contributed by atoms with E-state index >= 15 is 0 Å². The molecule has 34 heavy (non-hydrogen) atoms. The average Bonchev–Trinajstić information content (AvgIpc) is 2.92. The molecule has 0 saturated carbocycles. The smallest absolute Gasteiger partial charge is 0.251 e. The molecule has 1 unspecified atom stereocenters. The third-order valence-corrected chi connectivity index (χ3v) is 6.18. The third-order valence-electron chi connectivity index (χ3n) is 6.18.